The SMILES string of the molecule is O=C(NCc1cccs1)c1c(F)ccc([N+](=O)[O-])c1F. The van der Waals surface area contributed by atoms with Gasteiger partial charge in [-0.25, -0.2) is 4.39 Å². The lowest BCUT2D eigenvalue weighted by Crippen LogP contribution is -2.25. The molecule has 0 aliphatic carbocycles. The van der Waals surface area contributed by atoms with E-state index in [1.807, 2.05) is 0 Å². The summed E-state index contributed by atoms with van der Waals surface area (Å²) < 4.78 is 27.2. The summed E-state index contributed by atoms with van der Waals surface area (Å²) in [7, 11) is 0. The van der Waals surface area contributed by atoms with Gasteiger partial charge in [-0.1, -0.05) is 6.07 Å². The van der Waals surface area contributed by atoms with E-state index in [0.717, 1.165) is 4.88 Å². The molecule has 1 heterocycles. The molecule has 0 aliphatic rings. The van der Waals surface area contributed by atoms with Crippen molar-refractivity contribution < 1.29 is 18.5 Å². The number of thiophene rings is 1. The van der Waals surface area contributed by atoms with Gasteiger partial charge in [0, 0.05) is 10.9 Å². The number of halogens is 2. The Bertz CT molecular complexity index is 659. The van der Waals surface area contributed by atoms with Crippen LogP contribution in [0.5, 0.6) is 0 Å². The summed E-state index contributed by atoms with van der Waals surface area (Å²) in [4.78, 5) is 22.1. The lowest BCUT2D eigenvalue weighted by atomic mass is 10.1. The molecule has 1 amide bonds. The first-order chi connectivity index (χ1) is 9.50. The molecule has 0 atom stereocenters. The van der Waals surface area contributed by atoms with Crippen LogP contribution in [0.4, 0.5) is 14.5 Å². The van der Waals surface area contributed by atoms with Crippen LogP contribution in [0.2, 0.25) is 0 Å². The zero-order chi connectivity index (χ0) is 14.7. The minimum Gasteiger partial charge on any atom is -0.347 e. The zero-order valence-corrected chi connectivity index (χ0v) is 10.7. The third-order valence-corrected chi connectivity index (χ3v) is 3.37. The molecule has 0 saturated carbocycles. The highest BCUT2D eigenvalue weighted by atomic mass is 32.1. The van der Waals surface area contributed by atoms with Crippen LogP contribution in [0.1, 0.15) is 15.2 Å². The van der Waals surface area contributed by atoms with Gasteiger partial charge in [0.1, 0.15) is 11.4 Å². The standard InChI is InChI=1S/C12H8F2N2O3S/c13-8-3-4-9(16(18)19)11(14)10(8)12(17)15-6-7-2-1-5-20-7/h1-5H,6H2,(H,15,17). The number of carbonyl (C=O) groups is 1. The Morgan fingerprint density at radius 2 is 2.10 bits per heavy atom. The molecule has 0 spiro atoms. The number of hydrogen-bond acceptors (Lipinski definition) is 4. The van der Waals surface area contributed by atoms with Gasteiger partial charge in [0.25, 0.3) is 5.91 Å². The van der Waals surface area contributed by atoms with Crippen LogP contribution >= 0.6 is 11.3 Å². The van der Waals surface area contributed by atoms with Crippen molar-refractivity contribution in [2.45, 2.75) is 6.54 Å². The fraction of sp³-hybridized carbons (Fsp3) is 0.0833. The van der Waals surface area contributed by atoms with Crippen LogP contribution in [0.3, 0.4) is 0 Å². The Kier molecular flexibility index (Phi) is 4.04. The number of hydrogen-bond donors (Lipinski definition) is 1. The van der Waals surface area contributed by atoms with Crippen molar-refractivity contribution in [2.24, 2.45) is 0 Å². The van der Waals surface area contributed by atoms with Crippen LogP contribution in [0, 0.1) is 21.7 Å². The Morgan fingerprint density at radius 1 is 1.35 bits per heavy atom. The van der Waals surface area contributed by atoms with Gasteiger partial charge in [-0.05, 0) is 17.5 Å². The number of nitro groups is 1. The van der Waals surface area contributed by atoms with E-state index in [-0.39, 0.29) is 6.54 Å². The van der Waals surface area contributed by atoms with Gasteiger partial charge in [-0.3, -0.25) is 14.9 Å². The maximum Gasteiger partial charge on any atom is 0.305 e. The van der Waals surface area contributed by atoms with Crippen LogP contribution in [0.25, 0.3) is 0 Å². The van der Waals surface area contributed by atoms with Crippen LogP contribution in [-0.2, 0) is 6.54 Å². The monoisotopic (exact) mass is 298 g/mol. The lowest BCUT2D eigenvalue weighted by Gasteiger charge is -2.06. The van der Waals surface area contributed by atoms with Gasteiger partial charge in [-0.15, -0.1) is 11.3 Å². The van der Waals surface area contributed by atoms with E-state index in [1.165, 1.54) is 11.3 Å². The van der Waals surface area contributed by atoms with E-state index in [1.54, 1.807) is 17.5 Å². The van der Waals surface area contributed by atoms with E-state index in [9.17, 15) is 23.7 Å². The molecule has 5 nitrogen and oxygen atoms in total. The second-order valence-corrected chi connectivity index (χ2v) is 4.81. The lowest BCUT2D eigenvalue weighted by molar-refractivity contribution is -0.387. The summed E-state index contributed by atoms with van der Waals surface area (Å²) in [6, 6.07) is 4.88. The molecule has 20 heavy (non-hydrogen) atoms. The normalized spacial score (nSPS) is 10.3. The molecule has 0 bridgehead atoms. The fourth-order valence-electron chi connectivity index (χ4n) is 1.56. The summed E-state index contributed by atoms with van der Waals surface area (Å²) in [5.74, 6) is -3.65. The van der Waals surface area contributed by atoms with Crippen molar-refractivity contribution in [3.8, 4) is 0 Å². The number of carbonyl (C=O) groups excluding carboxylic acids is 1. The Labute approximate surface area is 116 Å². The summed E-state index contributed by atoms with van der Waals surface area (Å²) in [6.45, 7) is 0.0953. The van der Waals surface area contributed by atoms with Crippen molar-refractivity contribution in [1.29, 1.82) is 0 Å². The van der Waals surface area contributed by atoms with Gasteiger partial charge >= 0.3 is 5.69 Å². The summed E-state index contributed by atoms with van der Waals surface area (Å²) in [6.07, 6.45) is 0. The molecule has 1 aromatic carbocycles. The van der Waals surface area contributed by atoms with Gasteiger partial charge in [-0.2, -0.15) is 4.39 Å². The largest absolute Gasteiger partial charge is 0.347 e. The summed E-state index contributed by atoms with van der Waals surface area (Å²) >= 11 is 1.37. The predicted octanol–water partition coefficient (Wildman–Crippen LogP) is 2.86. The molecule has 104 valence electrons. The van der Waals surface area contributed by atoms with Crippen molar-refractivity contribution in [1.82, 2.24) is 5.32 Å². The van der Waals surface area contributed by atoms with Crippen molar-refractivity contribution in [2.75, 3.05) is 0 Å². The molecule has 1 aromatic heterocycles. The number of nitrogens with zero attached hydrogens (tertiary/aromatic N) is 1. The Hall–Kier alpha value is -2.35. The Morgan fingerprint density at radius 3 is 2.70 bits per heavy atom. The first-order valence-corrected chi connectivity index (χ1v) is 6.31. The van der Waals surface area contributed by atoms with Gasteiger partial charge < -0.3 is 5.32 Å². The average Bonchev–Trinajstić information content (AvgIpc) is 2.89. The molecule has 2 rings (SSSR count). The topological polar surface area (TPSA) is 72.2 Å². The van der Waals surface area contributed by atoms with E-state index in [4.69, 9.17) is 0 Å². The number of nitro benzene ring substituents is 1. The minimum atomic E-state index is -1.47. The van der Waals surface area contributed by atoms with Gasteiger partial charge in [0.05, 0.1) is 11.5 Å². The molecular weight excluding hydrogens is 290 g/mol. The van der Waals surface area contributed by atoms with Gasteiger partial charge in [0.2, 0.25) is 5.82 Å². The zero-order valence-electron chi connectivity index (χ0n) is 9.93. The number of benzene rings is 1. The van der Waals surface area contributed by atoms with E-state index in [0.29, 0.717) is 12.1 Å². The fourth-order valence-corrected chi connectivity index (χ4v) is 2.20. The number of rotatable bonds is 4. The number of nitrogens with one attached hydrogen (secondary N) is 1. The third kappa shape index (κ3) is 2.80. The molecule has 0 radical (unpaired) electrons. The minimum absolute atomic E-state index is 0.0953. The van der Waals surface area contributed by atoms with Crippen molar-refractivity contribution in [3.05, 3.63) is 61.8 Å². The smallest absolute Gasteiger partial charge is 0.305 e. The third-order valence-electron chi connectivity index (χ3n) is 2.50. The summed E-state index contributed by atoms with van der Waals surface area (Å²) in [5.41, 5.74) is -1.89. The molecule has 1 N–H and O–H groups in total. The highest BCUT2D eigenvalue weighted by molar-refractivity contribution is 7.09. The van der Waals surface area contributed by atoms with Crippen LogP contribution in [0.15, 0.2) is 29.6 Å². The molecule has 8 heteroatoms. The molecule has 0 aliphatic heterocycles. The van der Waals surface area contributed by atoms with Crippen molar-refractivity contribution in [3.63, 3.8) is 0 Å². The first-order valence-electron chi connectivity index (χ1n) is 5.43. The van der Waals surface area contributed by atoms with Crippen LogP contribution < -0.4 is 5.32 Å². The number of amides is 1. The second kappa shape index (κ2) is 5.74. The molecule has 2 aromatic rings. The van der Waals surface area contributed by atoms with E-state index in [2.05, 4.69) is 5.32 Å². The molecule has 0 fully saturated rings. The van der Waals surface area contributed by atoms with Crippen LogP contribution in [-0.4, -0.2) is 10.8 Å². The predicted molar refractivity (Wildman–Crippen MR) is 68.5 cm³/mol. The first kappa shape index (κ1) is 14.1. The van der Waals surface area contributed by atoms with Crippen molar-refractivity contribution >= 4 is 22.9 Å². The maximum atomic E-state index is 13.8. The second-order valence-electron chi connectivity index (χ2n) is 3.77. The highest BCUT2D eigenvalue weighted by Crippen LogP contribution is 2.23. The Balaban J connectivity index is 2.25. The average molecular weight is 298 g/mol. The highest BCUT2D eigenvalue weighted by Gasteiger charge is 2.25. The molecular formula is C12H8F2N2O3S. The van der Waals surface area contributed by atoms with Gasteiger partial charge in [0.15, 0.2) is 0 Å². The maximum absolute atomic E-state index is 13.8. The van der Waals surface area contributed by atoms with E-state index >= 15 is 0 Å². The summed E-state index contributed by atoms with van der Waals surface area (Å²) in [5, 5.41) is 14.7. The quantitative estimate of drug-likeness (QED) is 0.697. The molecule has 0 unspecified atom stereocenters. The molecule has 0 saturated heterocycles. The van der Waals surface area contributed by atoms with E-state index < -0.39 is 33.7 Å².